The summed E-state index contributed by atoms with van der Waals surface area (Å²) in [5.74, 6) is 0. The zero-order valence-corrected chi connectivity index (χ0v) is 25.1. The highest BCUT2D eigenvalue weighted by molar-refractivity contribution is 6.17. The number of rotatable bonds is 5. The number of fused-ring (bicyclic) bond motifs is 6. The average molecular weight is 519 g/mol. The Bertz CT molecular complexity index is 1500. The van der Waals surface area contributed by atoms with Gasteiger partial charge in [0.25, 0.3) is 0 Å². The maximum atomic E-state index is 4.36. The molecule has 0 heterocycles. The molecule has 1 aliphatic carbocycles. The summed E-state index contributed by atoms with van der Waals surface area (Å²) in [6.45, 7) is 24.0. The first kappa shape index (κ1) is 31.8. The number of hydrogen-bond donors (Lipinski definition) is 0. The van der Waals surface area contributed by atoms with E-state index in [2.05, 4.69) is 120 Å². The molecule has 0 amide bonds. The van der Waals surface area contributed by atoms with Gasteiger partial charge in [-0.1, -0.05) is 148 Å². The van der Waals surface area contributed by atoms with Crippen LogP contribution in [0.1, 0.15) is 97.9 Å². The first-order chi connectivity index (χ1) is 18.4. The van der Waals surface area contributed by atoms with Crippen LogP contribution in [-0.4, -0.2) is 0 Å². The van der Waals surface area contributed by atoms with Gasteiger partial charge < -0.3 is 0 Å². The van der Waals surface area contributed by atoms with Crippen LogP contribution in [0.2, 0.25) is 0 Å². The molecule has 0 aromatic heterocycles. The Labute approximate surface area is 239 Å². The maximum Gasteiger partial charge on any atom is 0.0168 e. The highest BCUT2D eigenvalue weighted by Gasteiger charge is 2.41. The van der Waals surface area contributed by atoms with Crippen molar-refractivity contribution in [1.82, 2.24) is 0 Å². The van der Waals surface area contributed by atoms with Crippen LogP contribution in [-0.2, 0) is 5.41 Å². The van der Waals surface area contributed by atoms with Gasteiger partial charge in [-0.2, -0.15) is 0 Å². The minimum absolute atomic E-state index is 0. The van der Waals surface area contributed by atoms with Crippen LogP contribution < -0.4 is 0 Å². The van der Waals surface area contributed by atoms with Crippen molar-refractivity contribution in [3.8, 4) is 0 Å². The minimum Gasteiger partial charge on any atom is -0.0984 e. The van der Waals surface area contributed by atoms with Crippen molar-refractivity contribution < 1.29 is 0 Å². The van der Waals surface area contributed by atoms with E-state index in [1.165, 1.54) is 66.1 Å². The summed E-state index contributed by atoms with van der Waals surface area (Å²) in [5.41, 5.74) is 11.0. The lowest BCUT2D eigenvalue weighted by atomic mass is 9.73. The molecule has 0 saturated heterocycles. The molecule has 4 aromatic carbocycles. The Balaban J connectivity index is 0.00000102. The van der Waals surface area contributed by atoms with Crippen molar-refractivity contribution in [1.29, 1.82) is 0 Å². The Morgan fingerprint density at radius 3 is 1.79 bits per heavy atom. The fourth-order valence-corrected chi connectivity index (χ4v) is 6.31. The molecule has 0 nitrogen and oxygen atoms in total. The summed E-state index contributed by atoms with van der Waals surface area (Å²) < 4.78 is 0. The predicted octanol–water partition coefficient (Wildman–Crippen LogP) is 12.5. The molecule has 206 valence electrons. The Morgan fingerprint density at radius 1 is 0.769 bits per heavy atom. The van der Waals surface area contributed by atoms with Crippen molar-refractivity contribution in [3.05, 3.63) is 119 Å². The lowest BCUT2D eigenvalue weighted by molar-refractivity contribution is 0.643. The first-order valence-corrected chi connectivity index (χ1v) is 14.5. The van der Waals surface area contributed by atoms with Gasteiger partial charge in [-0.15, -0.1) is 0 Å². The zero-order chi connectivity index (χ0) is 28.0. The lowest BCUT2D eigenvalue weighted by Gasteiger charge is -2.30. The highest BCUT2D eigenvalue weighted by Crippen LogP contribution is 2.56. The van der Waals surface area contributed by atoms with Gasteiger partial charge in [0.1, 0.15) is 0 Å². The SMILES string of the molecule is C.C=CC1=C(/C(CCC)=C(\C)c2ccccc2C)C(C)(C)c2c1c1ccccc1c1ccccc21.CC.CC. The van der Waals surface area contributed by atoms with E-state index in [0.29, 0.717) is 0 Å². The molecule has 0 atom stereocenters. The molecule has 0 unspecified atom stereocenters. The van der Waals surface area contributed by atoms with E-state index in [-0.39, 0.29) is 12.8 Å². The largest absolute Gasteiger partial charge is 0.0984 e. The second-order valence-electron chi connectivity index (χ2n) is 10.1. The normalized spacial score (nSPS) is 13.9. The molecule has 0 saturated carbocycles. The van der Waals surface area contributed by atoms with E-state index in [4.69, 9.17) is 0 Å². The minimum atomic E-state index is -0.128. The van der Waals surface area contributed by atoms with E-state index in [0.717, 1.165) is 12.8 Å². The van der Waals surface area contributed by atoms with Crippen molar-refractivity contribution in [2.24, 2.45) is 0 Å². The molecule has 39 heavy (non-hydrogen) atoms. The Morgan fingerprint density at radius 2 is 1.26 bits per heavy atom. The van der Waals surface area contributed by atoms with E-state index in [1.54, 1.807) is 0 Å². The average Bonchev–Trinajstić information content (AvgIpc) is 3.20. The van der Waals surface area contributed by atoms with Crippen molar-refractivity contribution in [3.63, 3.8) is 0 Å². The third-order valence-corrected chi connectivity index (χ3v) is 7.73. The number of aryl methyl sites for hydroxylation is 1. The zero-order valence-electron chi connectivity index (χ0n) is 25.1. The number of hydrogen-bond acceptors (Lipinski definition) is 0. The van der Waals surface area contributed by atoms with E-state index in [1.807, 2.05) is 27.7 Å². The van der Waals surface area contributed by atoms with Gasteiger partial charge >= 0.3 is 0 Å². The lowest BCUT2D eigenvalue weighted by Crippen LogP contribution is -2.20. The molecule has 0 spiro atoms. The summed E-state index contributed by atoms with van der Waals surface area (Å²) in [6.07, 6.45) is 4.28. The van der Waals surface area contributed by atoms with Crippen LogP contribution in [0.3, 0.4) is 0 Å². The fourth-order valence-electron chi connectivity index (χ4n) is 6.31. The molecule has 0 heteroatoms. The quantitative estimate of drug-likeness (QED) is 0.230. The molecular weight excluding hydrogens is 468 g/mol. The number of benzene rings is 4. The smallest absolute Gasteiger partial charge is 0.0168 e. The van der Waals surface area contributed by atoms with Crippen LogP contribution in [0.15, 0.2) is 96.6 Å². The predicted molar refractivity (Wildman–Crippen MR) is 180 cm³/mol. The van der Waals surface area contributed by atoms with Gasteiger partial charge in [-0.3, -0.25) is 0 Å². The molecule has 0 fully saturated rings. The van der Waals surface area contributed by atoms with Gasteiger partial charge in [0.05, 0.1) is 0 Å². The van der Waals surface area contributed by atoms with Gasteiger partial charge in [0.2, 0.25) is 0 Å². The van der Waals surface area contributed by atoms with Crippen molar-refractivity contribution in [2.75, 3.05) is 0 Å². The summed E-state index contributed by atoms with van der Waals surface area (Å²) >= 11 is 0. The van der Waals surface area contributed by atoms with Gasteiger partial charge in [-0.05, 0) is 86.4 Å². The highest BCUT2D eigenvalue weighted by atomic mass is 14.4. The summed E-state index contributed by atoms with van der Waals surface area (Å²) in [4.78, 5) is 0. The molecule has 5 rings (SSSR count). The van der Waals surface area contributed by atoms with E-state index < -0.39 is 0 Å². The van der Waals surface area contributed by atoms with Crippen molar-refractivity contribution in [2.45, 2.75) is 88.0 Å². The second-order valence-corrected chi connectivity index (χ2v) is 10.1. The third kappa shape index (κ3) is 5.40. The summed E-state index contributed by atoms with van der Waals surface area (Å²) in [6, 6.07) is 26.6. The standard InChI is InChI=1S/C34H34.2C2H6.CH4/c1-7-15-26(23(4)25-17-10-9-16-22(25)3)32-24(8-2)31-29-20-13-11-18-27(29)28-19-12-14-21-30(28)33(31)34(32,5)6;2*1-2;/h8-14,16-21H,2,7,15H2,1,3-6H3;2*1-2H3;1H4/b26-23+;;;. The fraction of sp³-hybridized carbons (Fsp3) is 0.333. The topological polar surface area (TPSA) is 0 Å². The van der Waals surface area contributed by atoms with E-state index in [9.17, 15) is 0 Å². The molecule has 4 aromatic rings. The van der Waals surface area contributed by atoms with Gasteiger partial charge in [-0.25, -0.2) is 0 Å². The van der Waals surface area contributed by atoms with E-state index >= 15 is 0 Å². The van der Waals surface area contributed by atoms with Crippen LogP contribution in [0.5, 0.6) is 0 Å². The Kier molecular flexibility index (Phi) is 11.1. The molecule has 0 N–H and O–H groups in total. The van der Waals surface area contributed by atoms with Crippen LogP contribution in [0.25, 0.3) is 32.7 Å². The summed E-state index contributed by atoms with van der Waals surface area (Å²) in [5, 5.41) is 5.36. The van der Waals surface area contributed by atoms with Gasteiger partial charge in [0, 0.05) is 5.41 Å². The van der Waals surface area contributed by atoms with Crippen LogP contribution in [0.4, 0.5) is 0 Å². The monoisotopic (exact) mass is 518 g/mol. The van der Waals surface area contributed by atoms with Crippen molar-refractivity contribution >= 4 is 32.7 Å². The first-order valence-electron chi connectivity index (χ1n) is 14.5. The molecule has 1 aliphatic rings. The van der Waals surface area contributed by atoms with Crippen LogP contribution >= 0.6 is 0 Å². The molecule has 0 bridgehead atoms. The molecule has 0 aliphatic heterocycles. The number of allylic oxidation sites excluding steroid dienone is 5. The third-order valence-electron chi connectivity index (χ3n) is 7.73. The Hall–Kier alpha value is -3.38. The van der Waals surface area contributed by atoms with Gasteiger partial charge in [0.15, 0.2) is 0 Å². The second kappa shape index (κ2) is 13.6. The molecule has 0 radical (unpaired) electrons. The maximum absolute atomic E-state index is 4.36. The van der Waals surface area contributed by atoms with Crippen LogP contribution in [0, 0.1) is 6.92 Å². The summed E-state index contributed by atoms with van der Waals surface area (Å²) in [7, 11) is 0. The molecular formula is C39H50.